The Hall–Kier alpha value is -1.35. The van der Waals surface area contributed by atoms with Crippen LogP contribution in [-0.2, 0) is 4.74 Å². The van der Waals surface area contributed by atoms with Gasteiger partial charge in [0, 0.05) is 24.9 Å². The van der Waals surface area contributed by atoms with E-state index >= 15 is 0 Å². The molecule has 1 aliphatic heterocycles. The highest BCUT2D eigenvalue weighted by Crippen LogP contribution is 2.20. The largest absolute Gasteiger partial charge is 0.379 e. The number of carbonyl (C=O) groups excluding carboxylic acids is 1. The molecule has 0 amide bonds. The van der Waals surface area contributed by atoms with Crippen LogP contribution in [-0.4, -0.2) is 32.1 Å². The number of hydrogen-bond acceptors (Lipinski definition) is 3. The van der Waals surface area contributed by atoms with Gasteiger partial charge in [0.25, 0.3) is 0 Å². The Kier molecular flexibility index (Phi) is 3.25. The number of anilines is 1. The average Bonchev–Trinajstić information content (AvgIpc) is 2.81. The molecule has 0 radical (unpaired) electrons. The van der Waals surface area contributed by atoms with Crippen LogP contribution in [0.25, 0.3) is 0 Å². The lowest BCUT2D eigenvalue weighted by Gasteiger charge is -2.25. The number of Topliss-reactive ketones (excluding diaryl/α,β-unsaturated/α-hetero) is 1. The van der Waals surface area contributed by atoms with Gasteiger partial charge < -0.3 is 9.64 Å². The number of benzene rings is 1. The van der Waals surface area contributed by atoms with Crippen LogP contribution in [0.15, 0.2) is 24.3 Å². The van der Waals surface area contributed by atoms with Gasteiger partial charge in [0.1, 0.15) is 0 Å². The minimum atomic E-state index is 0.110. The van der Waals surface area contributed by atoms with Crippen molar-refractivity contribution in [3.8, 4) is 0 Å². The van der Waals surface area contributed by atoms with Crippen molar-refractivity contribution in [2.45, 2.75) is 19.4 Å². The van der Waals surface area contributed by atoms with E-state index in [9.17, 15) is 4.79 Å². The molecule has 1 saturated heterocycles. The minimum Gasteiger partial charge on any atom is -0.379 e. The van der Waals surface area contributed by atoms with Crippen LogP contribution in [0.3, 0.4) is 0 Å². The minimum absolute atomic E-state index is 0.110. The van der Waals surface area contributed by atoms with Gasteiger partial charge in [0.15, 0.2) is 5.78 Å². The molecule has 1 unspecified atom stereocenters. The van der Waals surface area contributed by atoms with Crippen LogP contribution in [0.4, 0.5) is 5.69 Å². The standard InChI is InChI=1S/C13H17NO2/c1-10(15)11-3-5-12(6-4-11)14(2)13-7-8-16-9-13/h3-6,13H,7-9H2,1-2H3. The van der Waals surface area contributed by atoms with Gasteiger partial charge in [-0.15, -0.1) is 0 Å². The fourth-order valence-electron chi connectivity index (χ4n) is 1.97. The molecule has 0 N–H and O–H groups in total. The summed E-state index contributed by atoms with van der Waals surface area (Å²) in [4.78, 5) is 13.4. The first-order valence-electron chi connectivity index (χ1n) is 5.60. The SMILES string of the molecule is CC(=O)c1ccc(N(C)C2CCOC2)cc1. The molecule has 1 heterocycles. The lowest BCUT2D eigenvalue weighted by Crippen LogP contribution is -2.31. The topological polar surface area (TPSA) is 29.5 Å². The van der Waals surface area contributed by atoms with Crippen molar-refractivity contribution in [2.75, 3.05) is 25.2 Å². The zero-order valence-electron chi connectivity index (χ0n) is 9.77. The molecule has 1 aromatic rings. The molecule has 16 heavy (non-hydrogen) atoms. The van der Waals surface area contributed by atoms with E-state index in [1.165, 1.54) is 0 Å². The van der Waals surface area contributed by atoms with E-state index in [1.54, 1.807) is 6.92 Å². The van der Waals surface area contributed by atoms with Gasteiger partial charge in [-0.2, -0.15) is 0 Å². The highest BCUT2D eigenvalue weighted by atomic mass is 16.5. The maximum absolute atomic E-state index is 11.1. The smallest absolute Gasteiger partial charge is 0.159 e. The molecule has 0 aliphatic carbocycles. The fraction of sp³-hybridized carbons (Fsp3) is 0.462. The van der Waals surface area contributed by atoms with Crippen LogP contribution >= 0.6 is 0 Å². The number of ether oxygens (including phenoxy) is 1. The predicted octanol–water partition coefficient (Wildman–Crippen LogP) is 2.11. The first-order valence-corrected chi connectivity index (χ1v) is 5.60. The maximum atomic E-state index is 11.1. The molecule has 0 bridgehead atoms. The summed E-state index contributed by atoms with van der Waals surface area (Å²) in [7, 11) is 2.07. The van der Waals surface area contributed by atoms with E-state index in [-0.39, 0.29) is 5.78 Å². The van der Waals surface area contributed by atoms with E-state index in [1.807, 2.05) is 24.3 Å². The van der Waals surface area contributed by atoms with Crippen molar-refractivity contribution in [2.24, 2.45) is 0 Å². The van der Waals surface area contributed by atoms with E-state index in [2.05, 4.69) is 11.9 Å². The summed E-state index contributed by atoms with van der Waals surface area (Å²) in [6.07, 6.45) is 1.07. The van der Waals surface area contributed by atoms with Gasteiger partial charge in [-0.25, -0.2) is 0 Å². The van der Waals surface area contributed by atoms with E-state index in [4.69, 9.17) is 4.74 Å². The monoisotopic (exact) mass is 219 g/mol. The molecular weight excluding hydrogens is 202 g/mol. The van der Waals surface area contributed by atoms with E-state index in [0.717, 1.165) is 30.9 Å². The van der Waals surface area contributed by atoms with Gasteiger partial charge in [0.2, 0.25) is 0 Å². The quantitative estimate of drug-likeness (QED) is 0.729. The number of nitrogens with zero attached hydrogens (tertiary/aromatic N) is 1. The summed E-state index contributed by atoms with van der Waals surface area (Å²) in [5.41, 5.74) is 1.90. The molecule has 3 nitrogen and oxygen atoms in total. The fourth-order valence-corrected chi connectivity index (χ4v) is 1.97. The number of rotatable bonds is 3. The van der Waals surface area contributed by atoms with Crippen LogP contribution in [0.5, 0.6) is 0 Å². The Labute approximate surface area is 96.0 Å². The molecule has 0 aromatic heterocycles. The van der Waals surface area contributed by atoms with Crippen molar-refractivity contribution in [3.63, 3.8) is 0 Å². The molecule has 86 valence electrons. The van der Waals surface area contributed by atoms with Crippen LogP contribution in [0.2, 0.25) is 0 Å². The van der Waals surface area contributed by atoms with Gasteiger partial charge in [-0.05, 0) is 37.6 Å². The second-order valence-corrected chi connectivity index (χ2v) is 4.23. The number of ketones is 1. The molecule has 0 spiro atoms. The molecule has 0 saturated carbocycles. The summed E-state index contributed by atoms with van der Waals surface area (Å²) in [5.74, 6) is 0.110. The van der Waals surface area contributed by atoms with Crippen LogP contribution < -0.4 is 4.90 Å². The Morgan fingerprint density at radius 1 is 1.38 bits per heavy atom. The van der Waals surface area contributed by atoms with E-state index < -0.39 is 0 Å². The van der Waals surface area contributed by atoms with E-state index in [0.29, 0.717) is 6.04 Å². The summed E-state index contributed by atoms with van der Waals surface area (Å²) in [6.45, 7) is 3.23. The first kappa shape index (κ1) is 11.1. The third-order valence-electron chi connectivity index (χ3n) is 3.13. The lowest BCUT2D eigenvalue weighted by molar-refractivity contribution is 0.101. The average molecular weight is 219 g/mol. The first-order chi connectivity index (χ1) is 7.68. The summed E-state index contributed by atoms with van der Waals surface area (Å²) in [5, 5.41) is 0. The highest BCUT2D eigenvalue weighted by molar-refractivity contribution is 5.94. The number of carbonyl (C=O) groups is 1. The second-order valence-electron chi connectivity index (χ2n) is 4.23. The molecule has 1 fully saturated rings. The second kappa shape index (κ2) is 4.66. The van der Waals surface area contributed by atoms with Gasteiger partial charge >= 0.3 is 0 Å². The number of hydrogen-bond donors (Lipinski definition) is 0. The highest BCUT2D eigenvalue weighted by Gasteiger charge is 2.20. The summed E-state index contributed by atoms with van der Waals surface area (Å²) in [6, 6.07) is 8.21. The van der Waals surface area contributed by atoms with Crippen LogP contribution in [0, 0.1) is 0 Å². The molecule has 1 aliphatic rings. The molecule has 2 rings (SSSR count). The third kappa shape index (κ3) is 2.25. The number of likely N-dealkylation sites (N-methyl/N-ethyl adjacent to an activating group) is 1. The molecule has 1 aromatic carbocycles. The summed E-state index contributed by atoms with van der Waals surface area (Å²) < 4.78 is 5.37. The lowest BCUT2D eigenvalue weighted by atomic mass is 10.1. The Bertz CT molecular complexity index is 366. The molecule has 3 heteroatoms. The van der Waals surface area contributed by atoms with Gasteiger partial charge in [-0.3, -0.25) is 4.79 Å². The predicted molar refractivity (Wildman–Crippen MR) is 64.1 cm³/mol. The van der Waals surface area contributed by atoms with Gasteiger partial charge in [0.05, 0.1) is 12.6 Å². The Balaban J connectivity index is 2.11. The molecular formula is C13H17NO2. The zero-order chi connectivity index (χ0) is 11.5. The third-order valence-corrected chi connectivity index (χ3v) is 3.13. The van der Waals surface area contributed by atoms with Crippen molar-refractivity contribution in [3.05, 3.63) is 29.8 Å². The van der Waals surface area contributed by atoms with Gasteiger partial charge in [-0.1, -0.05) is 0 Å². The zero-order valence-corrected chi connectivity index (χ0v) is 9.77. The Morgan fingerprint density at radius 2 is 2.06 bits per heavy atom. The maximum Gasteiger partial charge on any atom is 0.159 e. The van der Waals surface area contributed by atoms with Crippen molar-refractivity contribution >= 4 is 11.5 Å². The molecule has 1 atom stereocenters. The van der Waals surface area contributed by atoms with Crippen molar-refractivity contribution in [1.82, 2.24) is 0 Å². The normalized spacial score (nSPS) is 19.8. The summed E-state index contributed by atoms with van der Waals surface area (Å²) >= 11 is 0. The van der Waals surface area contributed by atoms with Crippen molar-refractivity contribution in [1.29, 1.82) is 0 Å². The van der Waals surface area contributed by atoms with Crippen LogP contribution in [0.1, 0.15) is 23.7 Å². The van der Waals surface area contributed by atoms with Crippen molar-refractivity contribution < 1.29 is 9.53 Å². The Morgan fingerprint density at radius 3 is 2.56 bits per heavy atom.